The summed E-state index contributed by atoms with van der Waals surface area (Å²) in [7, 11) is 6.05. The minimum Gasteiger partial charge on any atom is -0.364 e. The highest BCUT2D eigenvalue weighted by Crippen LogP contribution is 2.32. The van der Waals surface area contributed by atoms with Crippen molar-refractivity contribution in [2.45, 2.75) is 12.5 Å². The normalized spacial score (nSPS) is 31.6. The first-order chi connectivity index (χ1) is 6.95. The molecule has 1 unspecified atom stereocenters. The Morgan fingerprint density at radius 3 is 2.67 bits per heavy atom. The van der Waals surface area contributed by atoms with Crippen molar-refractivity contribution < 1.29 is 4.79 Å². The van der Waals surface area contributed by atoms with Crippen LogP contribution < -0.4 is 0 Å². The van der Waals surface area contributed by atoms with Crippen LogP contribution in [0.2, 0.25) is 0 Å². The van der Waals surface area contributed by atoms with Gasteiger partial charge in [-0.05, 0) is 14.0 Å². The second kappa shape index (κ2) is 3.23. The van der Waals surface area contributed by atoms with Crippen molar-refractivity contribution in [2.75, 3.05) is 40.8 Å². The quantitative estimate of drug-likeness (QED) is 0.606. The van der Waals surface area contributed by atoms with E-state index in [0.717, 1.165) is 25.5 Å². The van der Waals surface area contributed by atoms with Gasteiger partial charge in [0.15, 0.2) is 5.78 Å². The lowest BCUT2D eigenvalue weighted by Crippen LogP contribution is -2.60. The van der Waals surface area contributed by atoms with Crippen LogP contribution in [0.25, 0.3) is 0 Å². The zero-order chi connectivity index (χ0) is 11.2. The maximum atomic E-state index is 12.0. The molecule has 0 aromatic carbocycles. The highest BCUT2D eigenvalue weighted by molar-refractivity contribution is 6.01. The molecule has 0 bridgehead atoms. The number of piperazine rings is 1. The van der Waals surface area contributed by atoms with Gasteiger partial charge >= 0.3 is 0 Å². The number of hydrogen-bond acceptors (Lipinski definition) is 4. The monoisotopic (exact) mass is 209 g/mol. The Labute approximate surface area is 91.1 Å². The van der Waals surface area contributed by atoms with Crippen LogP contribution in [-0.2, 0) is 4.79 Å². The zero-order valence-corrected chi connectivity index (χ0v) is 9.95. The van der Waals surface area contributed by atoms with E-state index in [2.05, 4.69) is 16.8 Å². The number of ketones is 1. The third-order valence-electron chi connectivity index (χ3n) is 3.40. The zero-order valence-electron chi connectivity index (χ0n) is 9.95. The summed E-state index contributed by atoms with van der Waals surface area (Å²) >= 11 is 0. The van der Waals surface area contributed by atoms with Crippen molar-refractivity contribution in [3.05, 3.63) is 11.9 Å². The molecule has 1 atom stereocenters. The predicted molar refractivity (Wildman–Crippen MR) is 59.4 cm³/mol. The molecule has 1 saturated heterocycles. The van der Waals surface area contributed by atoms with Crippen LogP contribution in [0.3, 0.4) is 0 Å². The van der Waals surface area contributed by atoms with Gasteiger partial charge in [0, 0.05) is 39.8 Å². The fourth-order valence-corrected chi connectivity index (χ4v) is 2.51. The molecule has 0 radical (unpaired) electrons. The summed E-state index contributed by atoms with van der Waals surface area (Å²) in [5.74, 6) is 1.29. The molecule has 1 fully saturated rings. The molecule has 0 aliphatic carbocycles. The van der Waals surface area contributed by atoms with Gasteiger partial charge in [0.2, 0.25) is 0 Å². The lowest BCUT2D eigenvalue weighted by atomic mass is 9.95. The average Bonchev–Trinajstić information content (AvgIpc) is 2.38. The van der Waals surface area contributed by atoms with E-state index in [-0.39, 0.29) is 11.3 Å². The van der Waals surface area contributed by atoms with Crippen molar-refractivity contribution >= 4 is 5.78 Å². The van der Waals surface area contributed by atoms with Crippen LogP contribution in [0.1, 0.15) is 6.92 Å². The fraction of sp³-hybridized carbons (Fsp3) is 0.727. The van der Waals surface area contributed by atoms with E-state index < -0.39 is 0 Å². The molecule has 4 nitrogen and oxygen atoms in total. The number of fused-ring (bicyclic) bond motifs is 1. The van der Waals surface area contributed by atoms with Crippen LogP contribution in [0.5, 0.6) is 0 Å². The summed E-state index contributed by atoms with van der Waals surface area (Å²) in [6.07, 6.45) is 1.78. The maximum Gasteiger partial charge on any atom is 0.185 e. The average molecular weight is 209 g/mol. The number of carbonyl (C=O) groups is 1. The SMILES string of the molecule is CN1CCN2C(N(C)C)=CC(=O)C2(C)C1. The van der Waals surface area contributed by atoms with E-state index >= 15 is 0 Å². The van der Waals surface area contributed by atoms with Gasteiger partial charge in [-0.15, -0.1) is 0 Å². The van der Waals surface area contributed by atoms with Gasteiger partial charge in [-0.3, -0.25) is 4.79 Å². The van der Waals surface area contributed by atoms with Gasteiger partial charge in [-0.2, -0.15) is 0 Å². The second-order valence-electron chi connectivity index (χ2n) is 4.92. The standard InChI is InChI=1S/C11H19N3O/c1-11-8-13(4)5-6-14(11)10(12(2)3)7-9(11)15/h7H,5-6,8H2,1-4H3. The summed E-state index contributed by atoms with van der Waals surface area (Å²) in [5.41, 5.74) is -0.341. The molecule has 0 aromatic rings. The molecule has 15 heavy (non-hydrogen) atoms. The smallest absolute Gasteiger partial charge is 0.185 e. The first-order valence-electron chi connectivity index (χ1n) is 5.35. The minimum atomic E-state index is -0.341. The molecule has 0 aromatic heterocycles. The summed E-state index contributed by atoms with van der Waals surface area (Å²) in [5, 5.41) is 0. The number of hydrogen-bond donors (Lipinski definition) is 0. The first kappa shape index (κ1) is 10.5. The molecule has 2 rings (SSSR count). The van der Waals surface area contributed by atoms with Crippen molar-refractivity contribution in [3.8, 4) is 0 Å². The van der Waals surface area contributed by atoms with E-state index in [9.17, 15) is 4.79 Å². The molecule has 2 aliphatic heterocycles. The van der Waals surface area contributed by atoms with E-state index in [1.165, 1.54) is 0 Å². The number of nitrogens with zero attached hydrogens (tertiary/aromatic N) is 3. The van der Waals surface area contributed by atoms with Crippen molar-refractivity contribution in [1.29, 1.82) is 0 Å². The van der Waals surface area contributed by atoms with Crippen LogP contribution in [0.15, 0.2) is 11.9 Å². The fourth-order valence-electron chi connectivity index (χ4n) is 2.51. The van der Waals surface area contributed by atoms with Gasteiger partial charge in [-0.25, -0.2) is 0 Å². The third-order valence-corrected chi connectivity index (χ3v) is 3.40. The Balaban J connectivity index is 2.31. The number of rotatable bonds is 1. The molecule has 2 aliphatic rings. The number of likely N-dealkylation sites (N-methyl/N-ethyl adjacent to an activating group) is 1. The van der Waals surface area contributed by atoms with E-state index in [1.807, 2.05) is 25.9 Å². The van der Waals surface area contributed by atoms with Gasteiger partial charge in [0.05, 0.1) is 0 Å². The Morgan fingerprint density at radius 1 is 1.40 bits per heavy atom. The van der Waals surface area contributed by atoms with Gasteiger partial charge in [0.25, 0.3) is 0 Å². The van der Waals surface area contributed by atoms with Crippen molar-refractivity contribution in [3.63, 3.8) is 0 Å². The lowest BCUT2D eigenvalue weighted by molar-refractivity contribution is -0.125. The van der Waals surface area contributed by atoms with Gasteiger partial charge < -0.3 is 14.7 Å². The first-order valence-corrected chi connectivity index (χ1v) is 5.35. The highest BCUT2D eigenvalue weighted by atomic mass is 16.1. The van der Waals surface area contributed by atoms with Crippen LogP contribution >= 0.6 is 0 Å². The number of carbonyl (C=O) groups excluding carboxylic acids is 1. The van der Waals surface area contributed by atoms with Gasteiger partial charge in [-0.1, -0.05) is 0 Å². The molecule has 4 heteroatoms. The van der Waals surface area contributed by atoms with E-state index in [0.29, 0.717) is 0 Å². The molecule has 0 amide bonds. The van der Waals surface area contributed by atoms with E-state index in [4.69, 9.17) is 0 Å². The minimum absolute atomic E-state index is 0.234. The van der Waals surface area contributed by atoms with Crippen LogP contribution in [0.4, 0.5) is 0 Å². The molecule has 2 heterocycles. The largest absolute Gasteiger partial charge is 0.364 e. The molecule has 0 saturated carbocycles. The van der Waals surface area contributed by atoms with Crippen molar-refractivity contribution in [1.82, 2.24) is 14.7 Å². The summed E-state index contributed by atoms with van der Waals surface area (Å²) in [6.45, 7) is 4.81. The molecule has 0 spiro atoms. The summed E-state index contributed by atoms with van der Waals surface area (Å²) < 4.78 is 0. The van der Waals surface area contributed by atoms with Crippen molar-refractivity contribution in [2.24, 2.45) is 0 Å². The predicted octanol–water partition coefficient (Wildman–Crippen LogP) is -0.0218. The van der Waals surface area contributed by atoms with Crippen LogP contribution in [-0.4, -0.2) is 66.8 Å². The Hall–Kier alpha value is -1.03. The molecular formula is C11H19N3O. The summed E-state index contributed by atoms with van der Waals surface area (Å²) in [4.78, 5) is 18.5. The maximum absolute atomic E-state index is 12.0. The lowest BCUT2D eigenvalue weighted by Gasteiger charge is -2.46. The topological polar surface area (TPSA) is 26.8 Å². The van der Waals surface area contributed by atoms with E-state index in [1.54, 1.807) is 6.08 Å². The van der Waals surface area contributed by atoms with Crippen LogP contribution in [0, 0.1) is 0 Å². The summed E-state index contributed by atoms with van der Waals surface area (Å²) in [6, 6.07) is 0. The second-order valence-corrected chi connectivity index (χ2v) is 4.92. The molecular weight excluding hydrogens is 190 g/mol. The van der Waals surface area contributed by atoms with Gasteiger partial charge in [0.1, 0.15) is 11.4 Å². The highest BCUT2D eigenvalue weighted by Gasteiger charge is 2.47. The third kappa shape index (κ3) is 1.44. The Kier molecular flexibility index (Phi) is 2.26. The molecule has 0 N–H and O–H groups in total. The Bertz CT molecular complexity index is 324. The molecule has 84 valence electrons. The Morgan fingerprint density at radius 2 is 2.07 bits per heavy atom.